The van der Waals surface area contributed by atoms with Crippen LogP contribution in [0, 0.1) is 5.92 Å². The van der Waals surface area contributed by atoms with Gasteiger partial charge in [-0.15, -0.1) is 0 Å². The monoisotopic (exact) mass is 272 g/mol. The minimum absolute atomic E-state index is 0.469. The van der Waals surface area contributed by atoms with Crippen molar-refractivity contribution in [1.29, 1.82) is 0 Å². The first kappa shape index (κ1) is 12.6. The van der Waals surface area contributed by atoms with E-state index in [2.05, 4.69) is 24.0 Å². The average molecular weight is 273 g/mol. The zero-order valence-electron chi connectivity index (χ0n) is 11.0. The van der Waals surface area contributed by atoms with E-state index in [1.165, 1.54) is 19.3 Å². The van der Waals surface area contributed by atoms with Crippen molar-refractivity contribution < 1.29 is 0 Å². The fourth-order valence-electron chi connectivity index (χ4n) is 2.82. The molecule has 2 nitrogen and oxygen atoms in total. The molecule has 1 aliphatic carbocycles. The third-order valence-corrected chi connectivity index (χ3v) is 4.04. The summed E-state index contributed by atoms with van der Waals surface area (Å²) in [5.41, 5.74) is 2.02. The molecule has 0 saturated heterocycles. The zero-order chi connectivity index (χ0) is 13.2. The van der Waals surface area contributed by atoms with Gasteiger partial charge in [0, 0.05) is 17.5 Å². The van der Waals surface area contributed by atoms with Crippen molar-refractivity contribution in [2.24, 2.45) is 5.92 Å². The van der Waals surface area contributed by atoms with Gasteiger partial charge in [0.1, 0.15) is 11.0 Å². The van der Waals surface area contributed by atoms with E-state index in [1.54, 1.807) is 0 Å². The Morgan fingerprint density at radius 2 is 1.89 bits per heavy atom. The molecule has 3 heteroatoms. The number of hydrogen-bond acceptors (Lipinski definition) is 2. The summed E-state index contributed by atoms with van der Waals surface area (Å²) in [6, 6.07) is 12.0. The molecule has 1 aromatic heterocycles. The van der Waals surface area contributed by atoms with Gasteiger partial charge >= 0.3 is 0 Å². The SMILES string of the molecule is CC1CCC(c2nc(Cl)cc(-c3ccccc3)n2)C1. The van der Waals surface area contributed by atoms with Crippen molar-refractivity contribution >= 4 is 11.6 Å². The highest BCUT2D eigenvalue weighted by atomic mass is 35.5. The topological polar surface area (TPSA) is 25.8 Å². The Morgan fingerprint density at radius 1 is 1.11 bits per heavy atom. The fourth-order valence-corrected chi connectivity index (χ4v) is 3.01. The van der Waals surface area contributed by atoms with E-state index in [0.717, 1.165) is 23.0 Å². The van der Waals surface area contributed by atoms with E-state index >= 15 is 0 Å². The second kappa shape index (κ2) is 5.30. The second-order valence-corrected chi connectivity index (χ2v) is 5.80. The van der Waals surface area contributed by atoms with Crippen molar-refractivity contribution in [3.8, 4) is 11.3 Å². The molecule has 1 fully saturated rings. The molecule has 2 aromatic rings. The van der Waals surface area contributed by atoms with Crippen LogP contribution in [-0.4, -0.2) is 9.97 Å². The number of nitrogens with zero attached hydrogens (tertiary/aromatic N) is 2. The maximum Gasteiger partial charge on any atom is 0.133 e. The van der Waals surface area contributed by atoms with Crippen molar-refractivity contribution in [3.05, 3.63) is 47.4 Å². The van der Waals surface area contributed by atoms with Gasteiger partial charge in [0.05, 0.1) is 5.69 Å². The van der Waals surface area contributed by atoms with Crippen LogP contribution in [-0.2, 0) is 0 Å². The first-order chi connectivity index (χ1) is 9.22. The highest BCUT2D eigenvalue weighted by Gasteiger charge is 2.25. The van der Waals surface area contributed by atoms with Gasteiger partial charge in [0.25, 0.3) is 0 Å². The number of benzene rings is 1. The highest BCUT2D eigenvalue weighted by Crippen LogP contribution is 2.37. The third kappa shape index (κ3) is 2.79. The van der Waals surface area contributed by atoms with Crippen LogP contribution in [0.4, 0.5) is 0 Å². The Kier molecular flexibility index (Phi) is 3.52. The van der Waals surface area contributed by atoms with E-state index in [4.69, 9.17) is 16.6 Å². The minimum Gasteiger partial charge on any atom is -0.232 e. The summed E-state index contributed by atoms with van der Waals surface area (Å²) >= 11 is 6.16. The van der Waals surface area contributed by atoms with Crippen LogP contribution < -0.4 is 0 Å². The van der Waals surface area contributed by atoms with E-state index in [1.807, 2.05) is 24.3 Å². The van der Waals surface area contributed by atoms with Crippen molar-refractivity contribution in [1.82, 2.24) is 9.97 Å². The highest BCUT2D eigenvalue weighted by molar-refractivity contribution is 6.29. The van der Waals surface area contributed by atoms with Crippen LogP contribution >= 0.6 is 11.6 Å². The normalized spacial score (nSPS) is 22.6. The quantitative estimate of drug-likeness (QED) is 0.741. The van der Waals surface area contributed by atoms with Gasteiger partial charge in [0.15, 0.2) is 0 Å². The third-order valence-electron chi connectivity index (χ3n) is 3.84. The van der Waals surface area contributed by atoms with Crippen LogP contribution in [0.3, 0.4) is 0 Å². The van der Waals surface area contributed by atoms with Gasteiger partial charge < -0.3 is 0 Å². The van der Waals surface area contributed by atoms with Crippen LogP contribution in [0.25, 0.3) is 11.3 Å². The fraction of sp³-hybridized carbons (Fsp3) is 0.375. The molecule has 0 radical (unpaired) electrons. The van der Waals surface area contributed by atoms with Gasteiger partial charge in [-0.05, 0) is 25.2 Å². The summed E-state index contributed by atoms with van der Waals surface area (Å²) < 4.78 is 0. The molecule has 98 valence electrons. The predicted octanol–water partition coefficient (Wildman–Crippen LogP) is 4.70. The molecular formula is C16H17ClN2. The Bertz CT molecular complexity index is 568. The maximum absolute atomic E-state index is 6.16. The molecule has 19 heavy (non-hydrogen) atoms. The number of hydrogen-bond donors (Lipinski definition) is 0. The van der Waals surface area contributed by atoms with Gasteiger partial charge in [-0.3, -0.25) is 0 Å². The van der Waals surface area contributed by atoms with Crippen LogP contribution in [0.15, 0.2) is 36.4 Å². The molecule has 2 unspecified atom stereocenters. The van der Waals surface area contributed by atoms with Crippen molar-refractivity contribution in [3.63, 3.8) is 0 Å². The van der Waals surface area contributed by atoms with Crippen LogP contribution in [0.5, 0.6) is 0 Å². The zero-order valence-corrected chi connectivity index (χ0v) is 11.8. The van der Waals surface area contributed by atoms with Crippen LogP contribution in [0.1, 0.15) is 37.9 Å². The molecular weight excluding hydrogens is 256 g/mol. The molecule has 0 aliphatic heterocycles. The van der Waals surface area contributed by atoms with E-state index < -0.39 is 0 Å². The average Bonchev–Trinajstić information content (AvgIpc) is 2.86. The molecule has 2 atom stereocenters. The maximum atomic E-state index is 6.16. The molecule has 0 bridgehead atoms. The first-order valence-electron chi connectivity index (χ1n) is 6.82. The van der Waals surface area contributed by atoms with Gasteiger partial charge in [-0.25, -0.2) is 9.97 Å². The Labute approximate surface area is 118 Å². The summed E-state index contributed by atoms with van der Waals surface area (Å²) in [6.45, 7) is 2.29. The van der Waals surface area contributed by atoms with Crippen LogP contribution in [0.2, 0.25) is 5.15 Å². The van der Waals surface area contributed by atoms with Crippen molar-refractivity contribution in [2.45, 2.75) is 32.1 Å². The Morgan fingerprint density at radius 3 is 2.58 bits per heavy atom. The number of halogens is 1. The number of aromatic nitrogens is 2. The lowest BCUT2D eigenvalue weighted by Crippen LogP contribution is -2.02. The van der Waals surface area contributed by atoms with Gasteiger partial charge in [-0.1, -0.05) is 48.9 Å². The van der Waals surface area contributed by atoms with E-state index in [-0.39, 0.29) is 0 Å². The molecule has 0 amide bonds. The summed E-state index contributed by atoms with van der Waals surface area (Å²) in [6.07, 6.45) is 3.62. The lowest BCUT2D eigenvalue weighted by Gasteiger charge is -2.10. The van der Waals surface area contributed by atoms with Gasteiger partial charge in [0.2, 0.25) is 0 Å². The standard InChI is InChI=1S/C16H17ClN2/c1-11-7-8-13(9-11)16-18-14(10-15(17)19-16)12-5-3-2-4-6-12/h2-6,10-11,13H,7-9H2,1H3. The summed E-state index contributed by atoms with van der Waals surface area (Å²) in [7, 11) is 0. The largest absolute Gasteiger partial charge is 0.232 e. The first-order valence-corrected chi connectivity index (χ1v) is 7.20. The molecule has 0 spiro atoms. The van der Waals surface area contributed by atoms with E-state index in [9.17, 15) is 0 Å². The summed E-state index contributed by atoms with van der Waals surface area (Å²) in [5, 5.41) is 0.545. The lowest BCUT2D eigenvalue weighted by molar-refractivity contribution is 0.585. The van der Waals surface area contributed by atoms with Gasteiger partial charge in [-0.2, -0.15) is 0 Å². The summed E-state index contributed by atoms with van der Waals surface area (Å²) in [5.74, 6) is 2.15. The molecule has 1 aromatic carbocycles. The second-order valence-electron chi connectivity index (χ2n) is 5.42. The number of rotatable bonds is 2. The molecule has 1 aliphatic rings. The smallest absolute Gasteiger partial charge is 0.133 e. The minimum atomic E-state index is 0.469. The Hall–Kier alpha value is -1.41. The lowest BCUT2D eigenvalue weighted by atomic mass is 10.0. The van der Waals surface area contributed by atoms with Crippen molar-refractivity contribution in [2.75, 3.05) is 0 Å². The van der Waals surface area contributed by atoms with E-state index in [0.29, 0.717) is 11.1 Å². The summed E-state index contributed by atoms with van der Waals surface area (Å²) in [4.78, 5) is 9.15. The predicted molar refractivity (Wildman–Crippen MR) is 78.2 cm³/mol. The molecule has 3 rings (SSSR count). The molecule has 0 N–H and O–H groups in total. The Balaban J connectivity index is 1.97. The molecule has 1 heterocycles. The molecule has 1 saturated carbocycles.